The third-order valence-electron chi connectivity index (χ3n) is 2.50. The Balaban J connectivity index is 1.94. The number of hydrogen-bond donors (Lipinski definition) is 2. The van der Waals surface area contributed by atoms with Crippen molar-refractivity contribution in [3.63, 3.8) is 0 Å². The zero-order valence-electron chi connectivity index (χ0n) is 8.61. The van der Waals surface area contributed by atoms with Gasteiger partial charge in [-0.05, 0) is 17.5 Å². The standard InChI is InChI=1S/C11H13NO3S/c13-9-6-12(7-10(9)14)11(15)4-3-8-2-1-5-16-8/h1-5,9-10,13-14H,6-7H2/t9-,10+. The van der Waals surface area contributed by atoms with E-state index in [1.165, 1.54) is 11.0 Å². The summed E-state index contributed by atoms with van der Waals surface area (Å²) in [6.45, 7) is 0.406. The van der Waals surface area contributed by atoms with Gasteiger partial charge in [-0.1, -0.05) is 6.07 Å². The second kappa shape index (κ2) is 4.78. The van der Waals surface area contributed by atoms with Crippen molar-refractivity contribution in [3.05, 3.63) is 28.5 Å². The van der Waals surface area contributed by atoms with Gasteiger partial charge in [0.1, 0.15) is 0 Å². The van der Waals surface area contributed by atoms with Gasteiger partial charge in [0.25, 0.3) is 0 Å². The highest BCUT2D eigenvalue weighted by Crippen LogP contribution is 2.13. The summed E-state index contributed by atoms with van der Waals surface area (Å²) in [5, 5.41) is 20.5. The first-order valence-electron chi connectivity index (χ1n) is 5.03. The van der Waals surface area contributed by atoms with E-state index in [1.807, 2.05) is 17.5 Å². The lowest BCUT2D eigenvalue weighted by molar-refractivity contribution is -0.125. The van der Waals surface area contributed by atoms with E-state index in [2.05, 4.69) is 0 Å². The van der Waals surface area contributed by atoms with Crippen molar-refractivity contribution < 1.29 is 15.0 Å². The lowest BCUT2D eigenvalue weighted by Gasteiger charge is -2.11. The fourth-order valence-corrected chi connectivity index (χ4v) is 2.21. The topological polar surface area (TPSA) is 60.8 Å². The minimum absolute atomic E-state index is 0.177. The molecule has 16 heavy (non-hydrogen) atoms. The lowest BCUT2D eigenvalue weighted by Crippen LogP contribution is -2.27. The van der Waals surface area contributed by atoms with Crippen molar-refractivity contribution in [1.82, 2.24) is 4.90 Å². The fraction of sp³-hybridized carbons (Fsp3) is 0.364. The largest absolute Gasteiger partial charge is 0.388 e. The summed E-state index contributed by atoms with van der Waals surface area (Å²) >= 11 is 1.55. The number of aliphatic hydroxyl groups is 2. The van der Waals surface area contributed by atoms with E-state index >= 15 is 0 Å². The van der Waals surface area contributed by atoms with Gasteiger partial charge in [-0.25, -0.2) is 0 Å². The summed E-state index contributed by atoms with van der Waals surface area (Å²) in [4.78, 5) is 14.1. The Morgan fingerprint density at radius 2 is 2.12 bits per heavy atom. The molecule has 2 rings (SSSR count). The first-order chi connectivity index (χ1) is 7.66. The summed E-state index contributed by atoms with van der Waals surface area (Å²) in [6.07, 6.45) is 1.57. The number of aliphatic hydroxyl groups excluding tert-OH is 2. The first kappa shape index (κ1) is 11.3. The molecule has 1 saturated heterocycles. The van der Waals surface area contributed by atoms with Crippen LogP contribution < -0.4 is 0 Å². The Labute approximate surface area is 97.4 Å². The maximum atomic E-state index is 11.7. The van der Waals surface area contributed by atoms with Gasteiger partial charge in [0.15, 0.2) is 0 Å². The number of carbonyl (C=O) groups excluding carboxylic acids is 1. The second-order valence-electron chi connectivity index (χ2n) is 3.73. The van der Waals surface area contributed by atoms with Crippen molar-refractivity contribution in [2.24, 2.45) is 0 Å². The molecule has 5 heteroatoms. The number of hydrogen-bond acceptors (Lipinski definition) is 4. The monoisotopic (exact) mass is 239 g/mol. The molecule has 1 aliphatic heterocycles. The highest BCUT2D eigenvalue weighted by Gasteiger charge is 2.31. The maximum absolute atomic E-state index is 11.7. The third-order valence-corrected chi connectivity index (χ3v) is 3.34. The van der Waals surface area contributed by atoms with E-state index in [1.54, 1.807) is 17.4 Å². The lowest BCUT2D eigenvalue weighted by atomic mass is 10.3. The SMILES string of the molecule is O=C(C=Cc1cccs1)N1C[C@@H](O)[C@@H](O)C1. The molecule has 0 unspecified atom stereocenters. The molecule has 1 aliphatic rings. The Hall–Kier alpha value is -1.17. The molecule has 2 heterocycles. The van der Waals surface area contributed by atoms with Gasteiger partial charge >= 0.3 is 0 Å². The molecule has 0 aromatic carbocycles. The first-order valence-corrected chi connectivity index (χ1v) is 5.91. The van der Waals surface area contributed by atoms with Gasteiger partial charge in [-0.2, -0.15) is 0 Å². The van der Waals surface area contributed by atoms with Crippen LogP contribution in [-0.2, 0) is 4.79 Å². The molecule has 0 radical (unpaired) electrons. The van der Waals surface area contributed by atoms with Crippen LogP contribution in [0, 0.1) is 0 Å². The van der Waals surface area contributed by atoms with Crippen LogP contribution in [0.4, 0.5) is 0 Å². The predicted octanol–water partition coefficient (Wildman–Crippen LogP) is 0.325. The van der Waals surface area contributed by atoms with Crippen LogP contribution in [0.25, 0.3) is 6.08 Å². The number of carbonyl (C=O) groups is 1. The van der Waals surface area contributed by atoms with Gasteiger partial charge in [-0.3, -0.25) is 4.79 Å². The average Bonchev–Trinajstić information content (AvgIpc) is 2.86. The zero-order valence-corrected chi connectivity index (χ0v) is 9.43. The van der Waals surface area contributed by atoms with Gasteiger partial charge < -0.3 is 15.1 Å². The molecule has 2 N–H and O–H groups in total. The van der Waals surface area contributed by atoms with Crippen LogP contribution in [0.15, 0.2) is 23.6 Å². The average molecular weight is 239 g/mol. The normalized spacial score (nSPS) is 25.5. The van der Waals surface area contributed by atoms with E-state index < -0.39 is 12.2 Å². The molecule has 4 nitrogen and oxygen atoms in total. The summed E-state index contributed by atoms with van der Waals surface area (Å²) in [6, 6.07) is 3.83. The Morgan fingerprint density at radius 3 is 2.69 bits per heavy atom. The molecular formula is C11H13NO3S. The quantitative estimate of drug-likeness (QED) is 0.731. The summed E-state index contributed by atoms with van der Waals surface area (Å²) in [5.74, 6) is -0.177. The van der Waals surface area contributed by atoms with Crippen LogP contribution in [0.1, 0.15) is 4.88 Å². The molecule has 0 spiro atoms. The molecule has 1 fully saturated rings. The van der Waals surface area contributed by atoms with Crippen LogP contribution in [0.3, 0.4) is 0 Å². The molecule has 1 aromatic heterocycles. The van der Waals surface area contributed by atoms with Crippen LogP contribution >= 0.6 is 11.3 Å². The van der Waals surface area contributed by atoms with E-state index in [4.69, 9.17) is 0 Å². The zero-order chi connectivity index (χ0) is 11.5. The van der Waals surface area contributed by atoms with Gasteiger partial charge in [0.2, 0.25) is 5.91 Å². The number of amides is 1. The Bertz CT molecular complexity index is 378. The molecular weight excluding hydrogens is 226 g/mol. The van der Waals surface area contributed by atoms with Crippen LogP contribution in [-0.4, -0.2) is 46.3 Å². The van der Waals surface area contributed by atoms with E-state index in [0.717, 1.165) is 4.88 Å². The highest BCUT2D eigenvalue weighted by atomic mass is 32.1. The Morgan fingerprint density at radius 1 is 1.44 bits per heavy atom. The van der Waals surface area contributed by atoms with Crippen molar-refractivity contribution in [2.75, 3.05) is 13.1 Å². The van der Waals surface area contributed by atoms with Crippen molar-refractivity contribution in [2.45, 2.75) is 12.2 Å². The number of rotatable bonds is 2. The summed E-state index contributed by atoms with van der Waals surface area (Å²) in [7, 11) is 0. The molecule has 0 bridgehead atoms. The van der Waals surface area contributed by atoms with E-state index in [9.17, 15) is 15.0 Å². The number of thiophene rings is 1. The summed E-state index contributed by atoms with van der Waals surface area (Å²) in [5.41, 5.74) is 0. The number of nitrogens with zero attached hydrogens (tertiary/aromatic N) is 1. The van der Waals surface area contributed by atoms with Gasteiger partial charge in [0, 0.05) is 24.0 Å². The molecule has 1 amide bonds. The molecule has 1 aromatic rings. The van der Waals surface area contributed by atoms with Gasteiger partial charge in [0.05, 0.1) is 12.2 Å². The molecule has 2 atom stereocenters. The highest BCUT2D eigenvalue weighted by molar-refractivity contribution is 7.10. The van der Waals surface area contributed by atoms with Crippen molar-refractivity contribution in [3.8, 4) is 0 Å². The fourth-order valence-electron chi connectivity index (χ4n) is 1.59. The van der Waals surface area contributed by atoms with E-state index in [-0.39, 0.29) is 19.0 Å². The van der Waals surface area contributed by atoms with Crippen LogP contribution in [0.5, 0.6) is 0 Å². The minimum atomic E-state index is -0.820. The third kappa shape index (κ3) is 2.49. The molecule has 86 valence electrons. The predicted molar refractivity (Wildman–Crippen MR) is 61.9 cm³/mol. The molecule has 0 aliphatic carbocycles. The van der Waals surface area contributed by atoms with Crippen LogP contribution in [0.2, 0.25) is 0 Å². The minimum Gasteiger partial charge on any atom is -0.388 e. The Kier molecular flexibility index (Phi) is 3.38. The number of β-amino-alcohol motifs (C(OH)–C–C–N with tert-alkyl or cyclic N) is 2. The van der Waals surface area contributed by atoms with Crippen molar-refractivity contribution in [1.29, 1.82) is 0 Å². The van der Waals surface area contributed by atoms with E-state index in [0.29, 0.717) is 0 Å². The summed E-state index contributed by atoms with van der Waals surface area (Å²) < 4.78 is 0. The molecule has 0 saturated carbocycles. The van der Waals surface area contributed by atoms with Crippen molar-refractivity contribution >= 4 is 23.3 Å². The maximum Gasteiger partial charge on any atom is 0.246 e. The van der Waals surface area contributed by atoms with Gasteiger partial charge in [-0.15, -0.1) is 11.3 Å². The second-order valence-corrected chi connectivity index (χ2v) is 4.71. The smallest absolute Gasteiger partial charge is 0.246 e. The number of likely N-dealkylation sites (tertiary alicyclic amines) is 1.